The molecule has 0 aliphatic heterocycles. The third-order valence-electron chi connectivity index (χ3n) is 4.02. The van der Waals surface area contributed by atoms with E-state index in [1.54, 1.807) is 18.2 Å². The van der Waals surface area contributed by atoms with E-state index in [0.29, 0.717) is 39.9 Å². The van der Waals surface area contributed by atoms with Crippen LogP contribution in [-0.2, 0) is 11.3 Å². The van der Waals surface area contributed by atoms with Crippen LogP contribution in [0, 0.1) is 0 Å². The lowest BCUT2D eigenvalue weighted by Gasteiger charge is -2.12. The summed E-state index contributed by atoms with van der Waals surface area (Å²) in [5.74, 6) is 1.37. The van der Waals surface area contributed by atoms with Crippen molar-refractivity contribution in [2.24, 2.45) is 0 Å². The first-order valence-corrected chi connectivity index (χ1v) is 10.8. The highest BCUT2D eigenvalue weighted by atomic mass is 35.5. The summed E-state index contributed by atoms with van der Waals surface area (Å²) in [5.41, 5.74) is 1.27. The van der Waals surface area contributed by atoms with E-state index in [0.717, 1.165) is 11.3 Å². The van der Waals surface area contributed by atoms with Gasteiger partial charge in [-0.2, -0.15) is 0 Å². The molecule has 1 aromatic heterocycles. The number of anilines is 1. The number of carbonyl (C=O) groups excluding carboxylic acids is 1. The zero-order valence-electron chi connectivity index (χ0n) is 16.0. The lowest BCUT2D eigenvalue weighted by Crippen LogP contribution is -2.15. The van der Waals surface area contributed by atoms with Gasteiger partial charge in [0, 0.05) is 6.54 Å². The fraction of sp³-hybridized carbons (Fsp3) is 0.250. The van der Waals surface area contributed by atoms with Crippen molar-refractivity contribution >= 4 is 46.6 Å². The maximum atomic E-state index is 12.4. The van der Waals surface area contributed by atoms with Gasteiger partial charge in [-0.25, -0.2) is 0 Å². The van der Waals surface area contributed by atoms with Crippen LogP contribution in [0.4, 0.5) is 5.69 Å². The van der Waals surface area contributed by atoms with Gasteiger partial charge >= 0.3 is 0 Å². The second-order valence-electron chi connectivity index (χ2n) is 5.91. The molecule has 152 valence electrons. The van der Waals surface area contributed by atoms with E-state index in [4.69, 9.17) is 27.9 Å². The minimum atomic E-state index is -0.230. The Hall–Kier alpha value is -2.22. The number of halogens is 2. The van der Waals surface area contributed by atoms with Gasteiger partial charge in [-0.05, 0) is 38.1 Å². The average Bonchev–Trinajstić information content (AvgIpc) is 3.12. The molecule has 0 fully saturated rings. The number of nitrogens with one attached hydrogen (secondary N) is 1. The summed E-state index contributed by atoms with van der Waals surface area (Å²) in [7, 11) is 0. The van der Waals surface area contributed by atoms with Crippen LogP contribution in [0.3, 0.4) is 0 Å². The standard InChI is InChI=1S/C20H20Cl2N4O2S/c1-3-26-19(13-8-5-6-11-16(13)28-4-2)24-25-20(26)29-12-17(27)23-18-14(21)9-7-10-15(18)22/h5-11H,3-4,12H2,1-2H3,(H,23,27). The number of ether oxygens (including phenoxy) is 1. The number of hydrogen-bond donors (Lipinski definition) is 1. The largest absolute Gasteiger partial charge is 0.493 e. The monoisotopic (exact) mass is 450 g/mol. The zero-order valence-corrected chi connectivity index (χ0v) is 18.3. The van der Waals surface area contributed by atoms with Gasteiger partial charge in [-0.15, -0.1) is 10.2 Å². The molecule has 9 heteroatoms. The number of amides is 1. The molecule has 1 N–H and O–H groups in total. The fourth-order valence-electron chi connectivity index (χ4n) is 2.74. The summed E-state index contributed by atoms with van der Waals surface area (Å²) in [6.07, 6.45) is 0. The maximum Gasteiger partial charge on any atom is 0.234 e. The minimum absolute atomic E-state index is 0.146. The second kappa shape index (κ2) is 10.0. The van der Waals surface area contributed by atoms with Crippen LogP contribution >= 0.6 is 35.0 Å². The van der Waals surface area contributed by atoms with E-state index >= 15 is 0 Å². The van der Waals surface area contributed by atoms with Crippen molar-refractivity contribution in [3.8, 4) is 17.1 Å². The normalized spacial score (nSPS) is 10.8. The van der Waals surface area contributed by atoms with Crippen LogP contribution in [0.25, 0.3) is 11.4 Å². The molecule has 3 aromatic rings. The Morgan fingerprint density at radius 2 is 1.83 bits per heavy atom. The Morgan fingerprint density at radius 3 is 2.52 bits per heavy atom. The summed E-state index contributed by atoms with van der Waals surface area (Å²) >= 11 is 13.5. The third-order valence-corrected chi connectivity index (χ3v) is 5.62. The Kier molecular flexibility index (Phi) is 7.41. The lowest BCUT2D eigenvalue weighted by atomic mass is 10.2. The maximum absolute atomic E-state index is 12.4. The number of para-hydroxylation sites is 2. The van der Waals surface area contributed by atoms with Gasteiger partial charge in [0.1, 0.15) is 5.75 Å². The van der Waals surface area contributed by atoms with Gasteiger partial charge < -0.3 is 14.6 Å². The van der Waals surface area contributed by atoms with Crippen LogP contribution in [0.15, 0.2) is 47.6 Å². The fourth-order valence-corrected chi connectivity index (χ4v) is 4.03. The summed E-state index contributed by atoms with van der Waals surface area (Å²) < 4.78 is 7.67. The molecule has 0 atom stereocenters. The van der Waals surface area contributed by atoms with Crippen molar-refractivity contribution in [1.82, 2.24) is 14.8 Å². The molecule has 0 spiro atoms. The first-order valence-electron chi connectivity index (χ1n) is 9.07. The predicted molar refractivity (Wildman–Crippen MR) is 118 cm³/mol. The molecule has 3 rings (SSSR count). The van der Waals surface area contributed by atoms with E-state index < -0.39 is 0 Å². The number of benzene rings is 2. The van der Waals surface area contributed by atoms with Crippen molar-refractivity contribution in [2.45, 2.75) is 25.5 Å². The van der Waals surface area contributed by atoms with Gasteiger partial charge in [0.25, 0.3) is 0 Å². The topological polar surface area (TPSA) is 69.0 Å². The molecule has 0 aliphatic carbocycles. The zero-order chi connectivity index (χ0) is 20.8. The van der Waals surface area contributed by atoms with Crippen molar-refractivity contribution in [1.29, 1.82) is 0 Å². The highest BCUT2D eigenvalue weighted by molar-refractivity contribution is 7.99. The first kappa shape index (κ1) is 21.5. The van der Waals surface area contributed by atoms with Crippen LogP contribution in [0.2, 0.25) is 10.0 Å². The molecule has 0 saturated carbocycles. The van der Waals surface area contributed by atoms with Crippen LogP contribution in [0.5, 0.6) is 5.75 Å². The molecule has 29 heavy (non-hydrogen) atoms. The van der Waals surface area contributed by atoms with Crippen molar-refractivity contribution in [3.05, 3.63) is 52.5 Å². The Bertz CT molecular complexity index is 990. The quantitative estimate of drug-likeness (QED) is 0.465. The highest BCUT2D eigenvalue weighted by Gasteiger charge is 2.18. The van der Waals surface area contributed by atoms with Crippen molar-refractivity contribution in [2.75, 3.05) is 17.7 Å². The SMILES string of the molecule is CCOc1ccccc1-c1nnc(SCC(=O)Nc2c(Cl)cccc2Cl)n1CC. The third kappa shape index (κ3) is 5.04. The molecule has 6 nitrogen and oxygen atoms in total. The van der Waals surface area contributed by atoms with E-state index in [1.807, 2.05) is 42.7 Å². The van der Waals surface area contributed by atoms with Gasteiger partial charge in [0.15, 0.2) is 11.0 Å². The summed E-state index contributed by atoms with van der Waals surface area (Å²) in [5, 5.41) is 12.8. The van der Waals surface area contributed by atoms with Gasteiger partial charge in [-0.1, -0.05) is 53.2 Å². The second-order valence-corrected chi connectivity index (χ2v) is 7.67. The molecule has 0 radical (unpaired) electrons. The van der Waals surface area contributed by atoms with Gasteiger partial charge in [0.05, 0.1) is 33.7 Å². The molecule has 0 bridgehead atoms. The smallest absolute Gasteiger partial charge is 0.234 e. The van der Waals surface area contributed by atoms with Crippen molar-refractivity contribution in [3.63, 3.8) is 0 Å². The highest BCUT2D eigenvalue weighted by Crippen LogP contribution is 2.32. The number of nitrogens with zero attached hydrogens (tertiary/aromatic N) is 3. The number of rotatable bonds is 8. The average molecular weight is 451 g/mol. The molecule has 0 unspecified atom stereocenters. The van der Waals surface area contributed by atoms with Crippen molar-refractivity contribution < 1.29 is 9.53 Å². The van der Waals surface area contributed by atoms with Gasteiger partial charge in [0.2, 0.25) is 5.91 Å². The minimum Gasteiger partial charge on any atom is -0.493 e. The van der Waals surface area contributed by atoms with E-state index in [9.17, 15) is 4.79 Å². The number of aromatic nitrogens is 3. The van der Waals surface area contributed by atoms with Crippen LogP contribution in [0.1, 0.15) is 13.8 Å². The molecule has 2 aromatic carbocycles. The van der Waals surface area contributed by atoms with E-state index in [1.165, 1.54) is 11.8 Å². The molecule has 1 amide bonds. The molecular formula is C20H20Cl2N4O2S. The van der Waals surface area contributed by atoms with Gasteiger partial charge in [-0.3, -0.25) is 4.79 Å². The summed E-state index contributed by atoms with van der Waals surface area (Å²) in [6, 6.07) is 12.8. The van der Waals surface area contributed by atoms with Crippen LogP contribution < -0.4 is 10.1 Å². The van der Waals surface area contributed by atoms with E-state index in [2.05, 4.69) is 15.5 Å². The summed E-state index contributed by atoms with van der Waals surface area (Å²) in [4.78, 5) is 12.4. The van der Waals surface area contributed by atoms with E-state index in [-0.39, 0.29) is 11.7 Å². The molecule has 1 heterocycles. The number of thioether (sulfide) groups is 1. The Balaban J connectivity index is 1.75. The molecule has 0 saturated heterocycles. The lowest BCUT2D eigenvalue weighted by molar-refractivity contribution is -0.113. The predicted octanol–water partition coefficient (Wildman–Crippen LogP) is 5.40. The van der Waals surface area contributed by atoms with Crippen LogP contribution in [-0.4, -0.2) is 33.0 Å². The summed E-state index contributed by atoms with van der Waals surface area (Å²) in [6.45, 7) is 5.16. The molecular weight excluding hydrogens is 431 g/mol. The first-order chi connectivity index (χ1) is 14.0. The Labute approximate surface area is 183 Å². The molecule has 0 aliphatic rings. The Morgan fingerprint density at radius 1 is 1.10 bits per heavy atom. The number of carbonyl (C=O) groups is 1. The number of hydrogen-bond acceptors (Lipinski definition) is 5.